The van der Waals surface area contributed by atoms with E-state index in [2.05, 4.69) is 6.92 Å². The van der Waals surface area contributed by atoms with Gasteiger partial charge in [0.25, 0.3) is 0 Å². The van der Waals surface area contributed by atoms with Crippen LogP contribution in [0.25, 0.3) is 0 Å². The van der Waals surface area contributed by atoms with Crippen molar-refractivity contribution >= 4 is 18.2 Å². The van der Waals surface area contributed by atoms with Crippen LogP contribution in [0.3, 0.4) is 0 Å². The van der Waals surface area contributed by atoms with Gasteiger partial charge in [0.2, 0.25) is 0 Å². The molecule has 0 aliphatic heterocycles. The van der Waals surface area contributed by atoms with Gasteiger partial charge in [-0.15, -0.1) is 0 Å². The zero-order valence-electron chi connectivity index (χ0n) is 15.7. The summed E-state index contributed by atoms with van der Waals surface area (Å²) < 4.78 is 10.4. The fraction of sp³-hybridized carbons (Fsp3) is 0.571. The molecule has 0 amide bonds. The number of carbonyl (C=O) groups is 3. The molecular weight excluding hydrogens is 332 g/mol. The minimum absolute atomic E-state index is 0.154. The molecule has 0 radical (unpaired) electrons. The van der Waals surface area contributed by atoms with Crippen LogP contribution < -0.4 is 4.74 Å². The number of aldehydes is 1. The molecule has 26 heavy (non-hydrogen) atoms. The fourth-order valence-corrected chi connectivity index (χ4v) is 2.48. The monoisotopic (exact) mass is 362 g/mol. The second kappa shape index (κ2) is 14.0. The predicted molar refractivity (Wildman–Crippen MR) is 100 cm³/mol. The highest BCUT2D eigenvalue weighted by atomic mass is 16.5. The first-order chi connectivity index (χ1) is 12.7. The number of ether oxygens (including phenoxy) is 2. The number of unbranched alkanes of at least 4 members (excludes halogenated alkanes) is 6. The number of benzene rings is 1. The van der Waals surface area contributed by atoms with Crippen LogP contribution in [-0.4, -0.2) is 24.8 Å². The molecule has 0 aromatic heterocycles. The third-order valence-corrected chi connectivity index (χ3v) is 4.02. The maximum absolute atomic E-state index is 11.7. The van der Waals surface area contributed by atoms with Gasteiger partial charge in [-0.3, -0.25) is 14.4 Å². The van der Waals surface area contributed by atoms with Gasteiger partial charge in [0.1, 0.15) is 12.0 Å². The Morgan fingerprint density at radius 2 is 1.46 bits per heavy atom. The Morgan fingerprint density at radius 1 is 0.846 bits per heavy atom. The Balaban J connectivity index is 2.01. The molecular formula is C21H30O5. The molecule has 0 heterocycles. The summed E-state index contributed by atoms with van der Waals surface area (Å²) in [4.78, 5) is 33.9. The average Bonchev–Trinajstić information content (AvgIpc) is 2.65. The Kier molecular flexibility index (Phi) is 11.8. The van der Waals surface area contributed by atoms with E-state index in [0.717, 1.165) is 32.0 Å². The SMILES string of the molecule is CCCCCCCOC(=O)CCCCCC(=O)Oc1ccc(C=O)cc1. The van der Waals surface area contributed by atoms with Crippen molar-refractivity contribution in [2.75, 3.05) is 6.61 Å². The lowest BCUT2D eigenvalue weighted by Crippen LogP contribution is -2.08. The molecule has 1 aromatic rings. The first kappa shape index (κ1) is 21.9. The highest BCUT2D eigenvalue weighted by molar-refractivity contribution is 5.76. The van der Waals surface area contributed by atoms with E-state index in [1.165, 1.54) is 19.3 Å². The first-order valence-electron chi connectivity index (χ1n) is 9.57. The zero-order chi connectivity index (χ0) is 19.0. The number of hydrogen-bond acceptors (Lipinski definition) is 5. The summed E-state index contributed by atoms with van der Waals surface area (Å²) in [7, 11) is 0. The molecule has 0 saturated carbocycles. The van der Waals surface area contributed by atoms with Gasteiger partial charge in [0.05, 0.1) is 6.61 Å². The van der Waals surface area contributed by atoms with Gasteiger partial charge in [0.15, 0.2) is 0 Å². The van der Waals surface area contributed by atoms with Gasteiger partial charge in [-0.2, -0.15) is 0 Å². The van der Waals surface area contributed by atoms with Crippen LogP contribution in [0.5, 0.6) is 5.75 Å². The molecule has 144 valence electrons. The van der Waals surface area contributed by atoms with Crippen LogP contribution in [-0.2, 0) is 14.3 Å². The van der Waals surface area contributed by atoms with Crippen molar-refractivity contribution in [3.63, 3.8) is 0 Å². The molecule has 5 nitrogen and oxygen atoms in total. The Bertz CT molecular complexity index is 536. The lowest BCUT2D eigenvalue weighted by molar-refractivity contribution is -0.143. The van der Waals surface area contributed by atoms with E-state index in [9.17, 15) is 14.4 Å². The second-order valence-electron chi connectivity index (χ2n) is 6.36. The Labute approximate surface area is 156 Å². The Morgan fingerprint density at radius 3 is 2.12 bits per heavy atom. The zero-order valence-corrected chi connectivity index (χ0v) is 15.7. The molecule has 0 unspecified atom stereocenters. The molecule has 0 fully saturated rings. The van der Waals surface area contributed by atoms with Gasteiger partial charge < -0.3 is 9.47 Å². The van der Waals surface area contributed by atoms with Gasteiger partial charge in [-0.05, 0) is 43.5 Å². The highest BCUT2D eigenvalue weighted by Crippen LogP contribution is 2.13. The second-order valence-corrected chi connectivity index (χ2v) is 6.36. The summed E-state index contributed by atoms with van der Waals surface area (Å²) in [5, 5.41) is 0. The lowest BCUT2D eigenvalue weighted by Gasteiger charge is -2.06. The molecule has 0 N–H and O–H groups in total. The summed E-state index contributed by atoms with van der Waals surface area (Å²) in [6.45, 7) is 2.68. The summed E-state index contributed by atoms with van der Waals surface area (Å²) in [6.07, 6.45) is 9.32. The summed E-state index contributed by atoms with van der Waals surface area (Å²) >= 11 is 0. The molecule has 5 heteroatoms. The molecule has 0 aliphatic carbocycles. The predicted octanol–water partition coefficient (Wildman–Crippen LogP) is 4.87. The van der Waals surface area contributed by atoms with Crippen molar-refractivity contribution in [1.29, 1.82) is 0 Å². The molecule has 1 aromatic carbocycles. The largest absolute Gasteiger partial charge is 0.466 e. The first-order valence-corrected chi connectivity index (χ1v) is 9.57. The van der Waals surface area contributed by atoms with E-state index < -0.39 is 0 Å². The molecule has 0 spiro atoms. The van der Waals surface area contributed by atoms with Crippen molar-refractivity contribution in [3.8, 4) is 5.75 Å². The molecule has 0 saturated heterocycles. The molecule has 0 aliphatic rings. The van der Waals surface area contributed by atoms with Gasteiger partial charge in [-0.1, -0.05) is 39.0 Å². The van der Waals surface area contributed by atoms with Gasteiger partial charge in [-0.25, -0.2) is 0 Å². The lowest BCUT2D eigenvalue weighted by atomic mass is 10.1. The van der Waals surface area contributed by atoms with E-state index in [0.29, 0.717) is 37.2 Å². The van der Waals surface area contributed by atoms with Crippen molar-refractivity contribution in [2.24, 2.45) is 0 Å². The normalized spacial score (nSPS) is 10.3. The van der Waals surface area contributed by atoms with E-state index >= 15 is 0 Å². The molecule has 1 rings (SSSR count). The van der Waals surface area contributed by atoms with Gasteiger partial charge >= 0.3 is 11.9 Å². The smallest absolute Gasteiger partial charge is 0.311 e. The van der Waals surface area contributed by atoms with Crippen LogP contribution in [0.1, 0.15) is 81.5 Å². The van der Waals surface area contributed by atoms with E-state index in [4.69, 9.17) is 9.47 Å². The maximum atomic E-state index is 11.7. The van der Waals surface area contributed by atoms with E-state index in [1.54, 1.807) is 24.3 Å². The van der Waals surface area contributed by atoms with Crippen molar-refractivity contribution in [1.82, 2.24) is 0 Å². The number of carbonyl (C=O) groups excluding carboxylic acids is 3. The number of esters is 2. The quantitative estimate of drug-likeness (QED) is 0.204. The van der Waals surface area contributed by atoms with Crippen LogP contribution in [0.4, 0.5) is 0 Å². The molecule has 0 bridgehead atoms. The topological polar surface area (TPSA) is 69.7 Å². The Hall–Kier alpha value is -2.17. The fourth-order valence-electron chi connectivity index (χ4n) is 2.48. The number of rotatable bonds is 14. The molecule has 0 atom stereocenters. The minimum Gasteiger partial charge on any atom is -0.466 e. The third kappa shape index (κ3) is 10.6. The van der Waals surface area contributed by atoms with E-state index in [1.807, 2.05) is 0 Å². The number of hydrogen-bond donors (Lipinski definition) is 0. The highest BCUT2D eigenvalue weighted by Gasteiger charge is 2.06. The standard InChI is InChI=1S/C21H30O5/c1-2-3-4-5-9-16-25-20(23)10-7-6-8-11-21(24)26-19-14-12-18(17-22)13-15-19/h12-15,17H,2-11,16H2,1H3. The van der Waals surface area contributed by atoms with Crippen molar-refractivity contribution < 1.29 is 23.9 Å². The summed E-state index contributed by atoms with van der Waals surface area (Å²) in [5.41, 5.74) is 0.539. The van der Waals surface area contributed by atoms with Crippen molar-refractivity contribution in [3.05, 3.63) is 29.8 Å². The summed E-state index contributed by atoms with van der Waals surface area (Å²) in [6, 6.07) is 6.40. The van der Waals surface area contributed by atoms with Gasteiger partial charge in [0, 0.05) is 18.4 Å². The minimum atomic E-state index is -0.307. The van der Waals surface area contributed by atoms with Crippen LogP contribution in [0.15, 0.2) is 24.3 Å². The maximum Gasteiger partial charge on any atom is 0.311 e. The van der Waals surface area contributed by atoms with E-state index in [-0.39, 0.29) is 11.9 Å². The van der Waals surface area contributed by atoms with Crippen LogP contribution in [0.2, 0.25) is 0 Å². The summed E-state index contributed by atoms with van der Waals surface area (Å²) in [5.74, 6) is -0.0278. The average molecular weight is 362 g/mol. The van der Waals surface area contributed by atoms with Crippen molar-refractivity contribution in [2.45, 2.75) is 71.1 Å². The third-order valence-electron chi connectivity index (χ3n) is 4.02. The van der Waals surface area contributed by atoms with Crippen LogP contribution in [0, 0.1) is 0 Å². The van der Waals surface area contributed by atoms with Crippen LogP contribution >= 0.6 is 0 Å².